The molecule has 2 heterocycles. The Balaban J connectivity index is 2.65. The van der Waals surface area contributed by atoms with Crippen molar-refractivity contribution in [2.24, 2.45) is 0 Å². The van der Waals surface area contributed by atoms with Crippen molar-refractivity contribution in [1.82, 2.24) is 14.5 Å². The van der Waals surface area contributed by atoms with Gasteiger partial charge in [0.05, 0.1) is 17.4 Å². The van der Waals surface area contributed by atoms with E-state index in [1.807, 2.05) is 6.07 Å². The van der Waals surface area contributed by atoms with E-state index in [2.05, 4.69) is 9.97 Å². The minimum absolute atomic E-state index is 0.00961. The number of rotatable bonds is 2. The number of nitrogen functional groups attached to an aromatic ring is 1. The fourth-order valence-electron chi connectivity index (χ4n) is 1.48. The van der Waals surface area contributed by atoms with Crippen LogP contribution >= 0.6 is 0 Å². The first kappa shape index (κ1) is 12.1. The van der Waals surface area contributed by atoms with E-state index < -0.39 is 5.97 Å². The molecule has 8 heteroatoms. The van der Waals surface area contributed by atoms with Crippen molar-refractivity contribution in [2.75, 3.05) is 5.73 Å². The van der Waals surface area contributed by atoms with Crippen molar-refractivity contribution in [3.63, 3.8) is 0 Å². The molecule has 0 saturated heterocycles. The zero-order valence-electron chi connectivity index (χ0n) is 9.40. The third-order valence-electron chi connectivity index (χ3n) is 2.38. The van der Waals surface area contributed by atoms with Gasteiger partial charge in [-0.1, -0.05) is 0 Å². The van der Waals surface area contributed by atoms with E-state index in [1.165, 1.54) is 23.2 Å². The maximum atomic E-state index is 11.0. The van der Waals surface area contributed by atoms with Gasteiger partial charge in [0.1, 0.15) is 24.3 Å². The zero-order chi connectivity index (χ0) is 14.0. The van der Waals surface area contributed by atoms with Crippen LogP contribution in [0.3, 0.4) is 0 Å². The molecule has 3 N–H and O–H groups in total. The molecule has 8 nitrogen and oxygen atoms in total. The van der Waals surface area contributed by atoms with E-state index in [0.29, 0.717) is 0 Å². The number of carboxylic acid groups (broad SMARTS) is 1. The highest BCUT2D eigenvalue weighted by Crippen LogP contribution is 2.17. The second-order valence-electron chi connectivity index (χ2n) is 3.47. The Morgan fingerprint density at radius 2 is 2.11 bits per heavy atom. The summed E-state index contributed by atoms with van der Waals surface area (Å²) in [6.07, 6.45) is 2.40. The van der Waals surface area contributed by atoms with Crippen LogP contribution in [0.15, 0.2) is 18.6 Å². The Labute approximate surface area is 107 Å². The normalized spacial score (nSPS) is 9.58. The molecular formula is C11H6N6O2. The van der Waals surface area contributed by atoms with Gasteiger partial charge in [-0.25, -0.2) is 14.8 Å². The molecule has 0 aliphatic rings. The van der Waals surface area contributed by atoms with Crippen molar-refractivity contribution >= 4 is 11.7 Å². The fourth-order valence-corrected chi connectivity index (χ4v) is 1.48. The topological polar surface area (TPSA) is 142 Å². The first-order valence-corrected chi connectivity index (χ1v) is 4.95. The van der Waals surface area contributed by atoms with Gasteiger partial charge in [-0.05, 0) is 6.07 Å². The Morgan fingerprint density at radius 1 is 1.37 bits per heavy atom. The first-order chi connectivity index (χ1) is 9.08. The molecule has 0 fully saturated rings. The van der Waals surface area contributed by atoms with E-state index in [-0.39, 0.29) is 28.5 Å². The summed E-state index contributed by atoms with van der Waals surface area (Å²) in [4.78, 5) is 18.6. The fraction of sp³-hybridized carbons (Fsp3) is 0. The van der Waals surface area contributed by atoms with Crippen molar-refractivity contribution < 1.29 is 9.90 Å². The van der Waals surface area contributed by atoms with Gasteiger partial charge in [-0.3, -0.25) is 4.57 Å². The van der Waals surface area contributed by atoms with E-state index in [4.69, 9.17) is 21.4 Å². The molecule has 0 aromatic carbocycles. The summed E-state index contributed by atoms with van der Waals surface area (Å²) in [6.45, 7) is 0. The number of nitrogens with zero attached hydrogens (tertiary/aromatic N) is 5. The minimum Gasteiger partial charge on any atom is -0.478 e. The van der Waals surface area contributed by atoms with Gasteiger partial charge in [0.2, 0.25) is 0 Å². The van der Waals surface area contributed by atoms with Crippen LogP contribution in [0.25, 0.3) is 5.82 Å². The molecule has 2 aromatic heterocycles. The number of carbonyl (C=O) groups is 1. The molecule has 0 unspecified atom stereocenters. The van der Waals surface area contributed by atoms with Crippen molar-refractivity contribution in [1.29, 1.82) is 10.5 Å². The predicted molar refractivity (Wildman–Crippen MR) is 62.2 cm³/mol. The standard InChI is InChI=1S/C11H6N6O2/c12-2-8-9(3-13)17(5-16-8)10-1-6(11(18)19)7(14)4-15-10/h1,4-5H,14H2,(H,18,19). The van der Waals surface area contributed by atoms with Gasteiger partial charge in [0.25, 0.3) is 0 Å². The Hall–Kier alpha value is -3.39. The average Bonchev–Trinajstić information content (AvgIpc) is 2.81. The van der Waals surface area contributed by atoms with Crippen LogP contribution in [0, 0.1) is 22.7 Å². The molecule has 2 aromatic rings. The summed E-state index contributed by atoms with van der Waals surface area (Å²) in [5.41, 5.74) is 5.28. The highest BCUT2D eigenvalue weighted by molar-refractivity contribution is 5.93. The summed E-state index contributed by atoms with van der Waals surface area (Å²) in [5, 5.41) is 26.7. The van der Waals surface area contributed by atoms with Gasteiger partial charge in [-0.15, -0.1) is 0 Å². The monoisotopic (exact) mass is 254 g/mol. The Bertz CT molecular complexity index is 750. The van der Waals surface area contributed by atoms with E-state index >= 15 is 0 Å². The summed E-state index contributed by atoms with van der Waals surface area (Å²) < 4.78 is 1.23. The Morgan fingerprint density at radius 3 is 2.68 bits per heavy atom. The van der Waals surface area contributed by atoms with Gasteiger partial charge >= 0.3 is 5.97 Å². The second kappa shape index (κ2) is 4.47. The number of hydrogen-bond acceptors (Lipinski definition) is 6. The molecule has 0 radical (unpaired) electrons. The van der Waals surface area contributed by atoms with E-state index in [1.54, 1.807) is 6.07 Å². The van der Waals surface area contributed by atoms with Crippen LogP contribution in [0.1, 0.15) is 21.7 Å². The smallest absolute Gasteiger partial charge is 0.337 e. The van der Waals surface area contributed by atoms with Crippen LogP contribution in [0.2, 0.25) is 0 Å². The summed E-state index contributed by atoms with van der Waals surface area (Å²) in [6, 6.07) is 4.79. The molecule has 0 atom stereocenters. The summed E-state index contributed by atoms with van der Waals surface area (Å²) >= 11 is 0. The molecule has 0 bridgehead atoms. The lowest BCUT2D eigenvalue weighted by Crippen LogP contribution is -2.07. The molecule has 2 rings (SSSR count). The van der Waals surface area contributed by atoms with Crippen molar-refractivity contribution in [3.8, 4) is 18.0 Å². The number of nitrogens with two attached hydrogens (primary N) is 1. The van der Waals surface area contributed by atoms with Crippen LogP contribution in [0.5, 0.6) is 0 Å². The first-order valence-electron chi connectivity index (χ1n) is 4.95. The van der Waals surface area contributed by atoms with Crippen molar-refractivity contribution in [2.45, 2.75) is 0 Å². The molecule has 0 aliphatic carbocycles. The lowest BCUT2D eigenvalue weighted by atomic mass is 10.2. The highest BCUT2D eigenvalue weighted by Gasteiger charge is 2.15. The molecule has 0 amide bonds. The third-order valence-corrected chi connectivity index (χ3v) is 2.38. The molecule has 0 aliphatic heterocycles. The van der Waals surface area contributed by atoms with Crippen LogP contribution in [-0.2, 0) is 0 Å². The maximum absolute atomic E-state index is 11.0. The molecule has 0 saturated carbocycles. The number of pyridine rings is 1. The van der Waals surface area contributed by atoms with Gasteiger partial charge < -0.3 is 10.8 Å². The lowest BCUT2D eigenvalue weighted by molar-refractivity contribution is 0.0698. The maximum Gasteiger partial charge on any atom is 0.337 e. The molecule has 0 spiro atoms. The van der Waals surface area contributed by atoms with Crippen LogP contribution < -0.4 is 5.73 Å². The lowest BCUT2D eigenvalue weighted by Gasteiger charge is -2.05. The molecule has 92 valence electrons. The second-order valence-corrected chi connectivity index (χ2v) is 3.47. The zero-order valence-corrected chi connectivity index (χ0v) is 9.40. The van der Waals surface area contributed by atoms with Gasteiger partial charge in [-0.2, -0.15) is 10.5 Å². The van der Waals surface area contributed by atoms with Crippen LogP contribution in [0.4, 0.5) is 5.69 Å². The van der Waals surface area contributed by atoms with Gasteiger partial charge in [0, 0.05) is 0 Å². The number of aromatic nitrogens is 3. The van der Waals surface area contributed by atoms with E-state index in [0.717, 1.165) is 0 Å². The quantitative estimate of drug-likeness (QED) is 0.784. The largest absolute Gasteiger partial charge is 0.478 e. The number of anilines is 1. The summed E-state index contributed by atoms with van der Waals surface area (Å²) in [5.74, 6) is -1.06. The van der Waals surface area contributed by atoms with Crippen molar-refractivity contribution in [3.05, 3.63) is 35.5 Å². The molecular weight excluding hydrogens is 248 g/mol. The predicted octanol–water partition coefficient (Wildman–Crippen LogP) is 0.291. The number of aromatic carboxylic acids is 1. The summed E-state index contributed by atoms with van der Waals surface area (Å²) in [7, 11) is 0. The number of imidazole rings is 1. The number of hydrogen-bond donors (Lipinski definition) is 2. The van der Waals surface area contributed by atoms with Crippen LogP contribution in [-0.4, -0.2) is 25.6 Å². The van der Waals surface area contributed by atoms with Gasteiger partial charge in [0.15, 0.2) is 11.4 Å². The number of nitriles is 2. The minimum atomic E-state index is -1.21. The highest BCUT2D eigenvalue weighted by atomic mass is 16.4. The SMILES string of the molecule is N#Cc1ncn(-c2cc(C(=O)O)c(N)cn2)c1C#N. The Kier molecular flexibility index (Phi) is 2.84. The number of carboxylic acids is 1. The third kappa shape index (κ3) is 1.94. The molecule has 19 heavy (non-hydrogen) atoms. The average molecular weight is 254 g/mol. The van der Waals surface area contributed by atoms with E-state index in [9.17, 15) is 4.79 Å².